The van der Waals surface area contributed by atoms with Gasteiger partial charge in [-0.2, -0.15) is 8.78 Å². The van der Waals surface area contributed by atoms with Crippen molar-refractivity contribution < 1.29 is 13.7 Å². The molecule has 4 nitrogen and oxygen atoms in total. The summed E-state index contributed by atoms with van der Waals surface area (Å²) in [5, 5.41) is 10.7. The smallest absolute Gasteiger partial charge is 0.289 e. The van der Waals surface area contributed by atoms with E-state index in [0.29, 0.717) is 18.7 Å². The largest absolute Gasteiger partial charge is 0.294 e. The summed E-state index contributed by atoms with van der Waals surface area (Å²) in [6.45, 7) is 1.38. The molecule has 6 heteroatoms. The number of rotatable bonds is 2. The molecule has 3 rings (SSSR count). The number of likely N-dealkylation sites (tertiary alicyclic amines) is 1. The van der Waals surface area contributed by atoms with Gasteiger partial charge in [-0.1, -0.05) is 6.07 Å². The minimum absolute atomic E-state index is 0.168. The van der Waals surface area contributed by atoms with Crippen molar-refractivity contribution in [2.45, 2.75) is 31.2 Å². The average molecular weight is 268 g/mol. The lowest BCUT2D eigenvalue weighted by Crippen LogP contribution is -2.42. The molecule has 0 bridgehead atoms. The van der Waals surface area contributed by atoms with Crippen molar-refractivity contribution in [3.63, 3.8) is 0 Å². The van der Waals surface area contributed by atoms with Crippen molar-refractivity contribution in [3.05, 3.63) is 39.4 Å². The Morgan fingerprint density at radius 3 is 2.63 bits per heavy atom. The average Bonchev–Trinajstić information content (AvgIpc) is 2.95. The molecule has 0 amide bonds. The van der Waals surface area contributed by atoms with Gasteiger partial charge in [0.05, 0.1) is 11.0 Å². The van der Waals surface area contributed by atoms with Gasteiger partial charge >= 0.3 is 0 Å². The fourth-order valence-corrected chi connectivity index (χ4v) is 3.09. The number of fused-ring (bicyclic) bond motifs is 1. The molecule has 1 heterocycles. The van der Waals surface area contributed by atoms with Crippen LogP contribution < -0.4 is 0 Å². The third-order valence-corrected chi connectivity index (χ3v) is 4.08. The fraction of sp³-hybridized carbons (Fsp3) is 0.538. The molecule has 0 saturated carbocycles. The Morgan fingerprint density at radius 1 is 1.32 bits per heavy atom. The van der Waals surface area contributed by atoms with Crippen LogP contribution in [0.2, 0.25) is 0 Å². The molecule has 0 N–H and O–H groups in total. The molecular formula is C13H14F2N2O2. The van der Waals surface area contributed by atoms with Crippen LogP contribution in [-0.2, 0) is 12.3 Å². The van der Waals surface area contributed by atoms with Gasteiger partial charge in [-0.3, -0.25) is 15.0 Å². The monoisotopic (exact) mass is 268 g/mol. The van der Waals surface area contributed by atoms with Gasteiger partial charge in [-0.15, -0.1) is 0 Å². The van der Waals surface area contributed by atoms with Crippen LogP contribution in [0.25, 0.3) is 0 Å². The fourth-order valence-electron chi connectivity index (χ4n) is 3.09. The van der Waals surface area contributed by atoms with Gasteiger partial charge in [0, 0.05) is 17.7 Å². The summed E-state index contributed by atoms with van der Waals surface area (Å²) in [7, 11) is 0. The van der Waals surface area contributed by atoms with Crippen LogP contribution in [0.4, 0.5) is 14.5 Å². The summed E-state index contributed by atoms with van der Waals surface area (Å²) < 4.78 is 28.9. The van der Waals surface area contributed by atoms with E-state index in [9.17, 15) is 18.9 Å². The standard InChI is InChI=1S/C13H14F2N2O2/c14-13(15)11-8-10(17(18)19)4-3-9(11)7-12(13)16-5-1-2-6-16/h3-4,8,12H,1-2,5-7H2. The number of non-ortho nitro benzene ring substituents is 1. The summed E-state index contributed by atoms with van der Waals surface area (Å²) in [6.07, 6.45) is 2.17. The molecule has 0 spiro atoms. The molecule has 2 aliphatic rings. The zero-order chi connectivity index (χ0) is 13.6. The number of halogens is 2. The highest BCUT2D eigenvalue weighted by molar-refractivity contribution is 5.46. The molecule has 19 heavy (non-hydrogen) atoms. The first kappa shape index (κ1) is 12.5. The molecule has 1 fully saturated rings. The van der Waals surface area contributed by atoms with E-state index in [-0.39, 0.29) is 17.7 Å². The number of nitro benzene ring substituents is 1. The highest BCUT2D eigenvalue weighted by atomic mass is 19.3. The van der Waals surface area contributed by atoms with Crippen molar-refractivity contribution in [1.29, 1.82) is 0 Å². The maximum absolute atomic E-state index is 14.4. The molecule has 1 atom stereocenters. The van der Waals surface area contributed by atoms with Crippen LogP contribution in [0, 0.1) is 10.1 Å². The number of nitro groups is 1. The second-order valence-corrected chi connectivity index (χ2v) is 5.18. The maximum Gasteiger partial charge on any atom is 0.289 e. The number of hydrogen-bond acceptors (Lipinski definition) is 3. The minimum Gasteiger partial charge on any atom is -0.294 e. The van der Waals surface area contributed by atoms with Crippen molar-refractivity contribution >= 4 is 5.69 Å². The van der Waals surface area contributed by atoms with Crippen molar-refractivity contribution in [3.8, 4) is 0 Å². The van der Waals surface area contributed by atoms with Gasteiger partial charge < -0.3 is 0 Å². The lowest BCUT2D eigenvalue weighted by atomic mass is 10.1. The van der Waals surface area contributed by atoms with Crippen LogP contribution in [0.5, 0.6) is 0 Å². The van der Waals surface area contributed by atoms with Gasteiger partial charge in [0.1, 0.15) is 0 Å². The first-order valence-electron chi connectivity index (χ1n) is 6.40. The van der Waals surface area contributed by atoms with Crippen LogP contribution in [0.15, 0.2) is 18.2 Å². The maximum atomic E-state index is 14.4. The quantitative estimate of drug-likeness (QED) is 0.612. The summed E-state index contributed by atoms with van der Waals surface area (Å²) in [5.41, 5.74) is 0.103. The van der Waals surface area contributed by atoms with E-state index in [2.05, 4.69) is 0 Å². The second-order valence-electron chi connectivity index (χ2n) is 5.18. The van der Waals surface area contributed by atoms with Gasteiger partial charge in [0.15, 0.2) is 0 Å². The summed E-state index contributed by atoms with van der Waals surface area (Å²) in [4.78, 5) is 11.9. The Hall–Kier alpha value is -1.56. The van der Waals surface area contributed by atoms with Crippen LogP contribution >= 0.6 is 0 Å². The van der Waals surface area contributed by atoms with Crippen molar-refractivity contribution in [1.82, 2.24) is 4.90 Å². The highest BCUT2D eigenvalue weighted by Crippen LogP contribution is 2.46. The Balaban J connectivity index is 1.97. The minimum atomic E-state index is -2.99. The molecule has 1 aromatic carbocycles. The number of alkyl halides is 2. The van der Waals surface area contributed by atoms with Gasteiger partial charge in [0.25, 0.3) is 11.6 Å². The molecule has 1 aliphatic carbocycles. The Bertz CT molecular complexity index is 527. The summed E-state index contributed by atoms with van der Waals surface area (Å²) >= 11 is 0. The molecule has 1 saturated heterocycles. The Labute approximate surface area is 109 Å². The predicted octanol–water partition coefficient (Wildman–Crippen LogP) is 2.71. The molecule has 1 unspecified atom stereocenters. The van der Waals surface area contributed by atoms with Crippen LogP contribution in [0.3, 0.4) is 0 Å². The van der Waals surface area contributed by atoms with E-state index in [1.807, 2.05) is 4.90 Å². The van der Waals surface area contributed by atoms with E-state index in [4.69, 9.17) is 0 Å². The van der Waals surface area contributed by atoms with Gasteiger partial charge in [-0.25, -0.2) is 0 Å². The lowest BCUT2D eigenvalue weighted by molar-refractivity contribution is -0.385. The van der Waals surface area contributed by atoms with Gasteiger partial charge in [-0.05, 0) is 37.9 Å². The SMILES string of the molecule is O=[N+]([O-])c1ccc2c(c1)C(F)(F)C(N1CCCC1)C2. The molecule has 1 aromatic rings. The zero-order valence-corrected chi connectivity index (χ0v) is 10.3. The van der Waals surface area contributed by atoms with E-state index >= 15 is 0 Å². The van der Waals surface area contributed by atoms with Gasteiger partial charge in [0.2, 0.25) is 0 Å². The Morgan fingerprint density at radius 2 is 2.00 bits per heavy atom. The van der Waals surface area contributed by atoms with Crippen molar-refractivity contribution in [2.75, 3.05) is 13.1 Å². The first-order valence-corrected chi connectivity index (χ1v) is 6.40. The highest BCUT2D eigenvalue weighted by Gasteiger charge is 2.51. The molecule has 0 aromatic heterocycles. The molecule has 0 radical (unpaired) electrons. The topological polar surface area (TPSA) is 46.4 Å². The van der Waals surface area contributed by atoms with Crippen LogP contribution in [0.1, 0.15) is 24.0 Å². The number of hydrogen-bond donors (Lipinski definition) is 0. The van der Waals surface area contributed by atoms with E-state index in [1.165, 1.54) is 12.1 Å². The lowest BCUT2D eigenvalue weighted by Gasteiger charge is -2.28. The molecule has 102 valence electrons. The number of nitrogens with zero attached hydrogens (tertiary/aromatic N) is 2. The van der Waals surface area contributed by atoms with Crippen molar-refractivity contribution in [2.24, 2.45) is 0 Å². The summed E-state index contributed by atoms with van der Waals surface area (Å²) in [6, 6.07) is 2.97. The molecule has 1 aliphatic heterocycles. The Kier molecular flexibility index (Phi) is 2.78. The van der Waals surface area contributed by atoms with E-state index in [0.717, 1.165) is 18.9 Å². The number of benzene rings is 1. The van der Waals surface area contributed by atoms with E-state index in [1.54, 1.807) is 0 Å². The van der Waals surface area contributed by atoms with E-state index < -0.39 is 16.9 Å². The first-order chi connectivity index (χ1) is 9.00. The third kappa shape index (κ3) is 1.90. The normalized spacial score (nSPS) is 25.5. The van der Waals surface area contributed by atoms with Crippen LogP contribution in [-0.4, -0.2) is 29.0 Å². The predicted molar refractivity (Wildman–Crippen MR) is 65.3 cm³/mol. The molecular weight excluding hydrogens is 254 g/mol. The zero-order valence-electron chi connectivity index (χ0n) is 10.3. The second kappa shape index (κ2) is 4.23. The summed E-state index contributed by atoms with van der Waals surface area (Å²) in [5.74, 6) is -2.99. The third-order valence-electron chi connectivity index (χ3n) is 4.08.